The van der Waals surface area contributed by atoms with Crippen molar-refractivity contribution in [1.82, 2.24) is 4.57 Å². The molecule has 0 saturated heterocycles. The van der Waals surface area contributed by atoms with Gasteiger partial charge in [-0.1, -0.05) is 231 Å². The molecule has 11 aromatic carbocycles. The quantitative estimate of drug-likeness (QED) is 0.155. The van der Waals surface area contributed by atoms with Gasteiger partial charge in [-0.25, -0.2) is 0 Å². The van der Waals surface area contributed by atoms with E-state index in [1.807, 2.05) is 0 Å². The highest BCUT2D eigenvalue weighted by Crippen LogP contribution is 2.63. The van der Waals surface area contributed by atoms with E-state index in [0.29, 0.717) is 0 Å². The number of aromatic nitrogens is 1. The van der Waals surface area contributed by atoms with Crippen LogP contribution < -0.4 is 4.90 Å². The average Bonchev–Trinajstić information content (AvgIpc) is 3.93. The van der Waals surface area contributed by atoms with E-state index in [1.54, 1.807) is 0 Å². The lowest BCUT2D eigenvalue weighted by Crippen LogP contribution is -2.33. The molecule has 2 aliphatic rings. The van der Waals surface area contributed by atoms with E-state index in [2.05, 4.69) is 276 Å². The molecule has 0 fully saturated rings. The third-order valence-electron chi connectivity index (χ3n) is 14.8. The maximum absolute atomic E-state index is 2.56. The summed E-state index contributed by atoms with van der Waals surface area (Å²) >= 11 is 0. The van der Waals surface area contributed by atoms with Crippen molar-refractivity contribution in [3.05, 3.63) is 289 Å². The largest absolute Gasteiger partial charge is 0.309 e. The highest BCUT2D eigenvalue weighted by Gasteiger charge is 2.51. The third-order valence-corrected chi connectivity index (χ3v) is 14.8. The summed E-state index contributed by atoms with van der Waals surface area (Å²) in [6, 6.07) is 98.7. The fourth-order valence-electron chi connectivity index (χ4n) is 12.0. The van der Waals surface area contributed by atoms with Gasteiger partial charge in [0, 0.05) is 27.5 Å². The van der Waals surface area contributed by atoms with Crippen LogP contribution in [-0.2, 0) is 5.41 Å². The number of anilines is 3. The number of hydrogen-bond acceptors (Lipinski definition) is 1. The number of hydrogen-bond donors (Lipinski definition) is 0. The smallest absolute Gasteiger partial charge is 0.0755 e. The van der Waals surface area contributed by atoms with Crippen molar-refractivity contribution in [3.8, 4) is 61.3 Å². The van der Waals surface area contributed by atoms with Crippen molar-refractivity contribution < 1.29 is 0 Å². The van der Waals surface area contributed by atoms with Crippen molar-refractivity contribution in [1.29, 1.82) is 0 Å². The topological polar surface area (TPSA) is 8.17 Å². The van der Waals surface area contributed by atoms with Gasteiger partial charge in [0.1, 0.15) is 0 Å². The van der Waals surface area contributed by atoms with Crippen LogP contribution in [0.3, 0.4) is 0 Å². The molecular weight excluding hydrogens is 833 g/mol. The molecule has 1 spiro atoms. The van der Waals surface area contributed by atoms with Gasteiger partial charge >= 0.3 is 0 Å². The first-order valence-corrected chi connectivity index (χ1v) is 23.9. The second-order valence-electron chi connectivity index (χ2n) is 18.3. The van der Waals surface area contributed by atoms with Crippen LogP contribution in [0.25, 0.3) is 83.1 Å². The molecule has 1 aromatic heterocycles. The molecule has 0 amide bonds. The molecule has 2 heterocycles. The predicted octanol–water partition coefficient (Wildman–Crippen LogP) is 17.6. The summed E-state index contributed by atoms with van der Waals surface area (Å²) in [6.07, 6.45) is 0. The van der Waals surface area contributed by atoms with Gasteiger partial charge in [-0.15, -0.1) is 0 Å². The maximum Gasteiger partial charge on any atom is 0.0755 e. The first kappa shape index (κ1) is 39.2. The number of fused-ring (bicyclic) bond motifs is 12. The van der Waals surface area contributed by atoms with Crippen molar-refractivity contribution in [2.45, 2.75) is 5.41 Å². The van der Waals surface area contributed by atoms with Crippen LogP contribution in [0.1, 0.15) is 22.3 Å². The number of rotatable bonds is 7. The molecule has 0 N–H and O–H groups in total. The summed E-state index contributed by atoms with van der Waals surface area (Å²) in [5.41, 5.74) is 23.6. The van der Waals surface area contributed by atoms with Gasteiger partial charge in [0.15, 0.2) is 0 Å². The second kappa shape index (κ2) is 15.6. The Hall–Kier alpha value is -8.98. The van der Waals surface area contributed by atoms with Gasteiger partial charge in [0.2, 0.25) is 0 Å². The summed E-state index contributed by atoms with van der Waals surface area (Å²) in [4.78, 5) is 2.56. The van der Waals surface area contributed by atoms with E-state index in [1.165, 1.54) is 83.1 Å². The van der Waals surface area contributed by atoms with Crippen molar-refractivity contribution >= 4 is 38.9 Å². The molecule has 1 unspecified atom stereocenters. The monoisotopic (exact) mass is 876 g/mol. The average molecular weight is 877 g/mol. The summed E-state index contributed by atoms with van der Waals surface area (Å²) in [7, 11) is 0. The van der Waals surface area contributed by atoms with Crippen LogP contribution in [0.15, 0.2) is 267 Å². The fourth-order valence-corrected chi connectivity index (χ4v) is 12.0. The van der Waals surface area contributed by atoms with Gasteiger partial charge in [-0.05, 0) is 97.6 Å². The molecule has 2 heteroatoms. The van der Waals surface area contributed by atoms with Gasteiger partial charge < -0.3 is 9.47 Å². The van der Waals surface area contributed by atoms with Crippen LogP contribution in [-0.4, -0.2) is 4.57 Å². The van der Waals surface area contributed by atoms with E-state index in [4.69, 9.17) is 0 Å². The highest BCUT2D eigenvalue weighted by atomic mass is 15.2. The minimum atomic E-state index is -0.593. The molecule has 1 aliphatic heterocycles. The van der Waals surface area contributed by atoms with Gasteiger partial charge in [0.05, 0.1) is 39.2 Å². The van der Waals surface area contributed by atoms with E-state index in [0.717, 1.165) is 39.3 Å². The Balaban J connectivity index is 1.06. The molecule has 12 aromatic rings. The summed E-state index contributed by atoms with van der Waals surface area (Å²) < 4.78 is 2.52. The molecular formula is C67H44N2. The Kier molecular flexibility index (Phi) is 8.84. The minimum Gasteiger partial charge on any atom is -0.309 e. The second-order valence-corrected chi connectivity index (χ2v) is 18.3. The molecule has 14 rings (SSSR count). The molecule has 1 aliphatic carbocycles. The zero-order valence-corrected chi connectivity index (χ0v) is 37.8. The Morgan fingerprint density at radius 1 is 0.290 bits per heavy atom. The van der Waals surface area contributed by atoms with Gasteiger partial charge in [-0.2, -0.15) is 0 Å². The van der Waals surface area contributed by atoms with Crippen LogP contribution in [0.2, 0.25) is 0 Å². The van der Waals surface area contributed by atoms with Gasteiger partial charge in [-0.3, -0.25) is 0 Å². The Labute approximate surface area is 402 Å². The summed E-state index contributed by atoms with van der Waals surface area (Å²) in [5.74, 6) is 0. The first-order valence-electron chi connectivity index (χ1n) is 23.9. The van der Waals surface area contributed by atoms with E-state index >= 15 is 0 Å². The summed E-state index contributed by atoms with van der Waals surface area (Å²) in [5, 5.41) is 2.55. The first-order chi connectivity index (χ1) is 34.3. The van der Waals surface area contributed by atoms with Crippen LogP contribution in [0, 0.1) is 0 Å². The number of benzene rings is 11. The van der Waals surface area contributed by atoms with E-state index in [9.17, 15) is 0 Å². The number of nitrogens with zero attached hydrogens (tertiary/aromatic N) is 2. The molecule has 2 nitrogen and oxygen atoms in total. The van der Waals surface area contributed by atoms with E-state index in [-0.39, 0.29) is 0 Å². The Morgan fingerprint density at radius 2 is 0.768 bits per heavy atom. The molecule has 69 heavy (non-hydrogen) atoms. The Bertz CT molecular complexity index is 3960. The lowest BCUT2D eigenvalue weighted by molar-refractivity contribution is 0.748. The highest BCUT2D eigenvalue weighted by molar-refractivity contribution is 6.13. The Morgan fingerprint density at radius 3 is 1.54 bits per heavy atom. The zero-order valence-electron chi connectivity index (χ0n) is 37.8. The lowest BCUT2D eigenvalue weighted by Gasteiger charge is -2.39. The van der Waals surface area contributed by atoms with Crippen molar-refractivity contribution in [3.63, 3.8) is 0 Å². The van der Waals surface area contributed by atoms with Crippen molar-refractivity contribution in [2.75, 3.05) is 4.90 Å². The van der Waals surface area contributed by atoms with Crippen LogP contribution in [0.5, 0.6) is 0 Å². The molecule has 322 valence electrons. The van der Waals surface area contributed by atoms with Gasteiger partial charge in [0.25, 0.3) is 0 Å². The lowest BCUT2D eigenvalue weighted by atomic mass is 9.65. The standard InChI is InChI=1S/C67H44N2/c1-3-20-45(21-4-1)47-40-42-48(43-41-47)51-26-8-13-35-60(51)68(61-36-14-9-27-52(61)50-25-17-24-49(44-50)46-22-5-2-6-23-46)64-39-19-33-58-65(64)55-29-7-11-31-56(55)67(58)57-32-12-16-38-63(57)69-62-37-15-10-28-53(62)54-30-18-34-59(67)66(54)69/h1-44H. The minimum absolute atomic E-state index is 0.593. The van der Waals surface area contributed by atoms with Crippen LogP contribution in [0.4, 0.5) is 17.1 Å². The number of para-hydroxylation sites is 5. The third kappa shape index (κ3) is 5.79. The van der Waals surface area contributed by atoms with Crippen molar-refractivity contribution in [2.24, 2.45) is 0 Å². The van der Waals surface area contributed by atoms with E-state index < -0.39 is 5.41 Å². The SMILES string of the molecule is c1ccc(-c2ccc(-c3ccccc3N(c3ccccc3-c3cccc(-c4ccccc4)c3)c3cccc4c3-c3ccccc3C43c4ccccc4-n4c5ccccc5c5cccc3c54)cc2)cc1. The normalized spacial score (nSPS) is 14.1. The van der Waals surface area contributed by atoms with Crippen LogP contribution >= 0.6 is 0 Å². The zero-order chi connectivity index (χ0) is 45.5. The summed E-state index contributed by atoms with van der Waals surface area (Å²) in [6.45, 7) is 0. The molecule has 0 bridgehead atoms. The molecule has 0 radical (unpaired) electrons. The molecule has 1 atom stereocenters. The fraction of sp³-hybridized carbons (Fsp3) is 0.0149. The maximum atomic E-state index is 2.56. The molecule has 0 saturated carbocycles. The predicted molar refractivity (Wildman–Crippen MR) is 288 cm³/mol.